The Labute approximate surface area is 100 Å². The first-order chi connectivity index (χ1) is 7.77. The number of nitrogens with two attached hydrogens (primary N) is 1. The van der Waals surface area contributed by atoms with E-state index < -0.39 is 26.8 Å². The summed E-state index contributed by atoms with van der Waals surface area (Å²) in [6, 6.07) is 1.99. The quantitative estimate of drug-likeness (QED) is 0.636. The molecule has 6 heteroatoms. The van der Waals surface area contributed by atoms with Gasteiger partial charge in [0.2, 0.25) is 10.0 Å². The molecule has 0 saturated heterocycles. The summed E-state index contributed by atoms with van der Waals surface area (Å²) < 4.78 is 39.8. The smallest absolute Gasteiger partial charge is 0.244 e. The number of rotatable bonds is 4. The Morgan fingerprint density at radius 2 is 2.12 bits per heavy atom. The third kappa shape index (κ3) is 3.04. The molecule has 0 aromatic heterocycles. The van der Waals surface area contributed by atoms with Crippen LogP contribution in [0.2, 0.25) is 0 Å². The van der Waals surface area contributed by atoms with Gasteiger partial charge >= 0.3 is 0 Å². The molecule has 0 bridgehead atoms. The lowest BCUT2D eigenvalue weighted by Crippen LogP contribution is -2.31. The SMILES string of the molecule is C=CC(C)NS(=O)(=O)c1cc(N)cc(C)c1F. The van der Waals surface area contributed by atoms with Crippen molar-refractivity contribution in [3.05, 3.63) is 36.2 Å². The van der Waals surface area contributed by atoms with Gasteiger partial charge in [0, 0.05) is 11.7 Å². The van der Waals surface area contributed by atoms with Crippen LogP contribution in [0.15, 0.2) is 29.7 Å². The lowest BCUT2D eigenvalue weighted by molar-refractivity contribution is 0.550. The molecule has 1 unspecified atom stereocenters. The van der Waals surface area contributed by atoms with Crippen LogP contribution in [0.25, 0.3) is 0 Å². The highest BCUT2D eigenvalue weighted by Crippen LogP contribution is 2.21. The molecule has 0 amide bonds. The van der Waals surface area contributed by atoms with Crippen LogP contribution in [0.3, 0.4) is 0 Å². The van der Waals surface area contributed by atoms with Gasteiger partial charge in [0.25, 0.3) is 0 Å². The summed E-state index contributed by atoms with van der Waals surface area (Å²) in [6.45, 7) is 6.51. The van der Waals surface area contributed by atoms with Gasteiger partial charge in [-0.05, 0) is 31.5 Å². The first-order valence-electron chi connectivity index (χ1n) is 4.98. The molecule has 1 aromatic rings. The van der Waals surface area contributed by atoms with E-state index in [0.29, 0.717) is 0 Å². The third-order valence-corrected chi connectivity index (χ3v) is 3.79. The molecule has 0 saturated carbocycles. The monoisotopic (exact) mass is 258 g/mol. The van der Waals surface area contributed by atoms with Crippen LogP contribution in [0, 0.1) is 12.7 Å². The maximum Gasteiger partial charge on any atom is 0.244 e. The van der Waals surface area contributed by atoms with E-state index in [1.165, 1.54) is 19.1 Å². The van der Waals surface area contributed by atoms with E-state index in [9.17, 15) is 12.8 Å². The maximum atomic E-state index is 13.7. The fraction of sp³-hybridized carbons (Fsp3) is 0.273. The van der Waals surface area contributed by atoms with E-state index in [2.05, 4.69) is 11.3 Å². The molecular weight excluding hydrogens is 243 g/mol. The summed E-state index contributed by atoms with van der Waals surface area (Å²) in [5.41, 5.74) is 5.90. The minimum Gasteiger partial charge on any atom is -0.399 e. The molecule has 0 aliphatic rings. The molecule has 0 fully saturated rings. The molecule has 0 radical (unpaired) electrons. The van der Waals surface area contributed by atoms with Crippen LogP contribution < -0.4 is 10.5 Å². The summed E-state index contributed by atoms with van der Waals surface area (Å²) in [4.78, 5) is -0.441. The van der Waals surface area contributed by atoms with Crippen molar-refractivity contribution in [2.24, 2.45) is 0 Å². The molecule has 0 heterocycles. The number of hydrogen-bond acceptors (Lipinski definition) is 3. The van der Waals surface area contributed by atoms with Gasteiger partial charge in [-0.15, -0.1) is 6.58 Å². The Bertz CT molecular complexity index is 541. The van der Waals surface area contributed by atoms with Crippen LogP contribution in [-0.4, -0.2) is 14.5 Å². The predicted octanol–water partition coefficient (Wildman–Crippen LogP) is 1.57. The van der Waals surface area contributed by atoms with Crippen molar-refractivity contribution in [2.75, 3.05) is 5.73 Å². The average molecular weight is 258 g/mol. The van der Waals surface area contributed by atoms with E-state index in [4.69, 9.17) is 5.73 Å². The van der Waals surface area contributed by atoms with Gasteiger partial charge in [0.05, 0.1) is 0 Å². The molecule has 0 aliphatic carbocycles. The molecule has 3 N–H and O–H groups in total. The first-order valence-corrected chi connectivity index (χ1v) is 6.46. The van der Waals surface area contributed by atoms with E-state index in [-0.39, 0.29) is 11.3 Å². The minimum absolute atomic E-state index is 0.191. The fourth-order valence-corrected chi connectivity index (χ4v) is 2.72. The van der Waals surface area contributed by atoms with E-state index in [1.54, 1.807) is 6.92 Å². The zero-order valence-electron chi connectivity index (χ0n) is 9.70. The number of benzene rings is 1. The Balaban J connectivity index is 3.29. The Kier molecular flexibility index (Phi) is 3.90. The normalized spacial score (nSPS) is 13.4. The Morgan fingerprint density at radius 1 is 1.53 bits per heavy atom. The standard InChI is InChI=1S/C11H15FN2O2S/c1-4-8(3)14-17(15,16)10-6-9(13)5-7(2)11(10)12/h4-6,8,14H,1,13H2,2-3H3. The van der Waals surface area contributed by atoms with Gasteiger partial charge in [-0.3, -0.25) is 0 Å². The van der Waals surface area contributed by atoms with Crippen molar-refractivity contribution in [3.8, 4) is 0 Å². The number of sulfonamides is 1. The predicted molar refractivity (Wildman–Crippen MR) is 65.5 cm³/mol. The zero-order chi connectivity index (χ0) is 13.2. The van der Waals surface area contributed by atoms with Crippen LogP contribution in [0.4, 0.5) is 10.1 Å². The van der Waals surface area contributed by atoms with E-state index in [0.717, 1.165) is 6.07 Å². The Hall–Kier alpha value is -1.40. The van der Waals surface area contributed by atoms with Crippen LogP contribution in [0.5, 0.6) is 0 Å². The molecule has 0 spiro atoms. The van der Waals surface area contributed by atoms with Crippen molar-refractivity contribution in [2.45, 2.75) is 24.8 Å². The van der Waals surface area contributed by atoms with E-state index in [1.807, 2.05) is 0 Å². The Morgan fingerprint density at radius 3 is 2.65 bits per heavy atom. The largest absolute Gasteiger partial charge is 0.399 e. The summed E-state index contributed by atoms with van der Waals surface area (Å²) in [6.07, 6.45) is 1.41. The summed E-state index contributed by atoms with van der Waals surface area (Å²) in [5, 5.41) is 0. The highest BCUT2D eigenvalue weighted by molar-refractivity contribution is 7.89. The highest BCUT2D eigenvalue weighted by Gasteiger charge is 2.22. The summed E-state index contributed by atoms with van der Waals surface area (Å²) >= 11 is 0. The molecule has 4 nitrogen and oxygen atoms in total. The van der Waals surface area contributed by atoms with Crippen molar-refractivity contribution in [1.82, 2.24) is 4.72 Å². The second-order valence-electron chi connectivity index (χ2n) is 3.80. The van der Waals surface area contributed by atoms with Gasteiger partial charge in [-0.1, -0.05) is 6.08 Å². The van der Waals surface area contributed by atoms with Gasteiger partial charge in [-0.25, -0.2) is 17.5 Å². The van der Waals surface area contributed by atoms with Gasteiger partial charge in [-0.2, -0.15) is 0 Å². The average Bonchev–Trinajstić information content (AvgIpc) is 2.22. The molecule has 94 valence electrons. The van der Waals surface area contributed by atoms with Crippen LogP contribution in [-0.2, 0) is 10.0 Å². The van der Waals surface area contributed by atoms with Gasteiger partial charge < -0.3 is 5.73 Å². The van der Waals surface area contributed by atoms with Crippen molar-refractivity contribution < 1.29 is 12.8 Å². The van der Waals surface area contributed by atoms with Crippen molar-refractivity contribution >= 4 is 15.7 Å². The first kappa shape index (κ1) is 13.7. The number of nitrogens with one attached hydrogen (secondary N) is 1. The summed E-state index contributed by atoms with van der Waals surface area (Å²) in [5.74, 6) is -0.789. The minimum atomic E-state index is -3.92. The second kappa shape index (κ2) is 4.85. The molecule has 17 heavy (non-hydrogen) atoms. The van der Waals surface area contributed by atoms with Crippen LogP contribution in [0.1, 0.15) is 12.5 Å². The second-order valence-corrected chi connectivity index (χ2v) is 5.48. The van der Waals surface area contributed by atoms with Gasteiger partial charge in [0.1, 0.15) is 10.7 Å². The lowest BCUT2D eigenvalue weighted by atomic mass is 10.2. The van der Waals surface area contributed by atoms with Crippen LogP contribution >= 0.6 is 0 Å². The maximum absolute atomic E-state index is 13.7. The fourth-order valence-electron chi connectivity index (χ4n) is 1.32. The number of anilines is 1. The number of aryl methyl sites for hydroxylation is 1. The highest BCUT2D eigenvalue weighted by atomic mass is 32.2. The van der Waals surface area contributed by atoms with Crippen molar-refractivity contribution in [3.63, 3.8) is 0 Å². The van der Waals surface area contributed by atoms with E-state index >= 15 is 0 Å². The van der Waals surface area contributed by atoms with Crippen molar-refractivity contribution in [1.29, 1.82) is 0 Å². The van der Waals surface area contributed by atoms with Gasteiger partial charge in [0.15, 0.2) is 0 Å². The molecule has 1 atom stereocenters. The molecule has 1 rings (SSSR count). The number of halogens is 1. The number of nitrogen functional groups attached to an aromatic ring is 1. The third-order valence-electron chi connectivity index (χ3n) is 2.23. The topological polar surface area (TPSA) is 72.2 Å². The molecule has 0 aliphatic heterocycles. The molecular formula is C11H15FN2O2S. The lowest BCUT2D eigenvalue weighted by Gasteiger charge is -2.12. The zero-order valence-corrected chi connectivity index (χ0v) is 10.5. The molecule has 1 aromatic carbocycles. The number of hydrogen-bond donors (Lipinski definition) is 2. The summed E-state index contributed by atoms with van der Waals surface area (Å²) in [7, 11) is -3.92.